The summed E-state index contributed by atoms with van der Waals surface area (Å²) in [6, 6.07) is 2.77. The predicted octanol–water partition coefficient (Wildman–Crippen LogP) is 2.39. The quantitative estimate of drug-likeness (QED) is 0.932. The molecule has 6 nitrogen and oxygen atoms in total. The van der Waals surface area contributed by atoms with Gasteiger partial charge in [0.05, 0.1) is 5.69 Å². The van der Waals surface area contributed by atoms with Gasteiger partial charge in [0, 0.05) is 18.0 Å². The highest BCUT2D eigenvalue weighted by molar-refractivity contribution is 7.15. The van der Waals surface area contributed by atoms with Crippen LogP contribution in [0.5, 0.6) is 0 Å². The van der Waals surface area contributed by atoms with E-state index in [2.05, 4.69) is 22.3 Å². The van der Waals surface area contributed by atoms with Gasteiger partial charge in [0.2, 0.25) is 0 Å². The van der Waals surface area contributed by atoms with Crippen LogP contribution in [-0.2, 0) is 19.9 Å². The van der Waals surface area contributed by atoms with E-state index in [1.54, 1.807) is 11.3 Å². The minimum atomic E-state index is -0.336. The van der Waals surface area contributed by atoms with Crippen LogP contribution in [0.3, 0.4) is 0 Å². The van der Waals surface area contributed by atoms with Crippen LogP contribution < -0.4 is 10.9 Å². The monoisotopic (exact) mass is 332 g/mol. The Balaban J connectivity index is 1.72. The van der Waals surface area contributed by atoms with E-state index in [4.69, 9.17) is 0 Å². The van der Waals surface area contributed by atoms with Crippen LogP contribution in [0, 0.1) is 5.92 Å². The highest BCUT2D eigenvalue weighted by Crippen LogP contribution is 2.34. The number of nitrogens with one attached hydrogen (secondary N) is 1. The molecule has 2 aromatic rings. The van der Waals surface area contributed by atoms with Crippen molar-refractivity contribution in [3.63, 3.8) is 0 Å². The van der Waals surface area contributed by atoms with Crippen LogP contribution in [0.25, 0.3) is 0 Å². The smallest absolute Gasteiger partial charge is 0.277 e. The molecule has 2 heterocycles. The van der Waals surface area contributed by atoms with Gasteiger partial charge in [-0.15, -0.1) is 11.3 Å². The summed E-state index contributed by atoms with van der Waals surface area (Å²) in [4.78, 5) is 29.4. The molecular weight excluding hydrogens is 312 g/mol. The molecule has 1 atom stereocenters. The van der Waals surface area contributed by atoms with Crippen LogP contribution in [-0.4, -0.2) is 20.7 Å². The number of rotatable bonds is 4. The molecule has 7 heteroatoms. The van der Waals surface area contributed by atoms with Crippen LogP contribution >= 0.6 is 11.3 Å². The zero-order valence-corrected chi connectivity index (χ0v) is 14.2. The Hall–Kier alpha value is -2.02. The summed E-state index contributed by atoms with van der Waals surface area (Å²) in [7, 11) is 1.52. The third-order valence-corrected chi connectivity index (χ3v) is 5.19. The van der Waals surface area contributed by atoms with E-state index in [0.717, 1.165) is 29.1 Å². The number of carbonyl (C=O) groups is 1. The van der Waals surface area contributed by atoms with Crippen LogP contribution in [0.4, 0.5) is 5.13 Å². The maximum atomic E-state index is 12.2. The predicted molar refractivity (Wildman–Crippen MR) is 90.0 cm³/mol. The van der Waals surface area contributed by atoms with E-state index < -0.39 is 0 Å². The zero-order chi connectivity index (χ0) is 16.4. The molecule has 1 unspecified atom stereocenters. The second kappa shape index (κ2) is 6.62. The van der Waals surface area contributed by atoms with E-state index in [-0.39, 0.29) is 17.2 Å². The summed E-state index contributed by atoms with van der Waals surface area (Å²) in [5, 5.41) is 7.37. The van der Waals surface area contributed by atoms with Gasteiger partial charge in [-0.05, 0) is 31.2 Å². The molecule has 0 radical (unpaired) electrons. The van der Waals surface area contributed by atoms with Gasteiger partial charge in [-0.3, -0.25) is 14.9 Å². The standard InChI is InChI=1S/C16H20N4O2S/c1-3-4-10-5-6-11-13(9-10)23-16(17-11)18-15(22)12-7-8-14(21)20(2)19-12/h7-8,10H,3-6,9H2,1-2H3,(H,17,18,22). The molecular formula is C16H20N4O2S. The number of hydrogen-bond donors (Lipinski definition) is 1. The lowest BCUT2D eigenvalue weighted by Gasteiger charge is -2.19. The van der Waals surface area contributed by atoms with Crippen molar-refractivity contribution in [3.05, 3.63) is 38.8 Å². The van der Waals surface area contributed by atoms with Gasteiger partial charge in [0.15, 0.2) is 5.13 Å². The van der Waals surface area contributed by atoms with Crippen molar-refractivity contribution in [1.29, 1.82) is 0 Å². The lowest BCUT2D eigenvalue weighted by atomic mass is 9.88. The molecule has 0 aliphatic heterocycles. The van der Waals surface area contributed by atoms with Gasteiger partial charge in [-0.2, -0.15) is 5.10 Å². The summed E-state index contributed by atoms with van der Waals surface area (Å²) in [5.74, 6) is 0.402. The summed E-state index contributed by atoms with van der Waals surface area (Å²) in [6.07, 6.45) is 5.70. The molecule has 1 aliphatic rings. The van der Waals surface area contributed by atoms with Crippen LogP contribution in [0.2, 0.25) is 0 Å². The summed E-state index contributed by atoms with van der Waals surface area (Å²) >= 11 is 1.56. The number of aromatic nitrogens is 3. The molecule has 1 aliphatic carbocycles. The molecule has 23 heavy (non-hydrogen) atoms. The maximum absolute atomic E-state index is 12.2. The largest absolute Gasteiger partial charge is 0.296 e. The Kier molecular flexibility index (Phi) is 4.56. The zero-order valence-electron chi connectivity index (χ0n) is 13.3. The number of hydrogen-bond acceptors (Lipinski definition) is 5. The molecule has 3 rings (SSSR count). The first-order valence-electron chi connectivity index (χ1n) is 7.91. The first kappa shape index (κ1) is 15.9. The third kappa shape index (κ3) is 3.50. The third-order valence-electron chi connectivity index (χ3n) is 4.15. The average molecular weight is 332 g/mol. The molecule has 0 fully saturated rings. The number of nitrogens with zero attached hydrogens (tertiary/aromatic N) is 3. The van der Waals surface area contributed by atoms with Crippen LogP contribution in [0.15, 0.2) is 16.9 Å². The molecule has 2 aromatic heterocycles. The van der Waals surface area contributed by atoms with Crippen LogP contribution in [0.1, 0.15) is 47.2 Å². The normalized spacial score (nSPS) is 16.9. The molecule has 0 spiro atoms. The first-order valence-corrected chi connectivity index (χ1v) is 8.72. The van der Waals surface area contributed by atoms with Crippen molar-refractivity contribution >= 4 is 22.4 Å². The van der Waals surface area contributed by atoms with Crippen molar-refractivity contribution in [1.82, 2.24) is 14.8 Å². The molecule has 0 aromatic carbocycles. The maximum Gasteiger partial charge on any atom is 0.277 e. The van der Waals surface area contributed by atoms with Gasteiger partial charge in [0.25, 0.3) is 11.5 Å². The number of fused-ring (bicyclic) bond motifs is 1. The molecule has 0 saturated carbocycles. The summed E-state index contributed by atoms with van der Waals surface area (Å²) in [5.41, 5.74) is 1.09. The summed E-state index contributed by atoms with van der Waals surface area (Å²) < 4.78 is 1.15. The Bertz CT molecular complexity index is 781. The van der Waals surface area contributed by atoms with Gasteiger partial charge < -0.3 is 0 Å². The fraction of sp³-hybridized carbons (Fsp3) is 0.500. The highest BCUT2D eigenvalue weighted by Gasteiger charge is 2.23. The van der Waals surface area contributed by atoms with Crippen molar-refractivity contribution in [2.24, 2.45) is 13.0 Å². The van der Waals surface area contributed by atoms with Crippen molar-refractivity contribution < 1.29 is 4.79 Å². The first-order chi connectivity index (χ1) is 11.1. The Morgan fingerprint density at radius 3 is 3.04 bits per heavy atom. The second-order valence-corrected chi connectivity index (χ2v) is 7.00. The van der Waals surface area contributed by atoms with Gasteiger partial charge >= 0.3 is 0 Å². The summed E-state index contributed by atoms with van der Waals surface area (Å²) in [6.45, 7) is 2.22. The average Bonchev–Trinajstić information content (AvgIpc) is 2.91. The fourth-order valence-electron chi connectivity index (χ4n) is 2.94. The van der Waals surface area contributed by atoms with E-state index in [0.29, 0.717) is 5.13 Å². The van der Waals surface area contributed by atoms with E-state index in [1.807, 2.05) is 0 Å². The van der Waals surface area contributed by atoms with E-state index in [1.165, 1.54) is 43.3 Å². The highest BCUT2D eigenvalue weighted by atomic mass is 32.1. The number of anilines is 1. The van der Waals surface area contributed by atoms with Gasteiger partial charge in [-0.25, -0.2) is 9.67 Å². The molecule has 122 valence electrons. The Morgan fingerprint density at radius 2 is 2.30 bits per heavy atom. The molecule has 1 N–H and O–H groups in total. The van der Waals surface area contributed by atoms with E-state index >= 15 is 0 Å². The topological polar surface area (TPSA) is 76.9 Å². The fourth-order valence-corrected chi connectivity index (χ4v) is 4.05. The second-order valence-electron chi connectivity index (χ2n) is 5.92. The molecule has 1 amide bonds. The minimum Gasteiger partial charge on any atom is -0.296 e. The molecule has 0 bridgehead atoms. The lowest BCUT2D eigenvalue weighted by molar-refractivity contribution is 0.102. The Labute approximate surface area is 138 Å². The number of amides is 1. The number of aryl methyl sites for hydroxylation is 2. The van der Waals surface area contributed by atoms with Crippen molar-refractivity contribution in [3.8, 4) is 0 Å². The number of carbonyl (C=O) groups excluding carboxylic acids is 1. The van der Waals surface area contributed by atoms with Crippen molar-refractivity contribution in [2.75, 3.05) is 5.32 Å². The van der Waals surface area contributed by atoms with Gasteiger partial charge in [-0.1, -0.05) is 19.8 Å². The lowest BCUT2D eigenvalue weighted by Crippen LogP contribution is -2.23. The molecule has 0 saturated heterocycles. The SMILES string of the molecule is CCCC1CCc2nc(NC(=O)c3ccc(=O)n(C)n3)sc2C1. The number of thiazole rings is 1. The Morgan fingerprint density at radius 1 is 1.48 bits per heavy atom. The van der Waals surface area contributed by atoms with E-state index in [9.17, 15) is 9.59 Å². The van der Waals surface area contributed by atoms with Crippen molar-refractivity contribution in [2.45, 2.75) is 39.0 Å². The minimum absolute atomic E-state index is 0.212. The van der Waals surface area contributed by atoms with Gasteiger partial charge in [0.1, 0.15) is 5.69 Å².